The van der Waals surface area contributed by atoms with Crippen LogP contribution in [0.25, 0.3) is 0 Å². The average Bonchev–Trinajstić information content (AvgIpc) is 2.29. The smallest absolute Gasteiger partial charge is 0.234 e. The first-order valence-corrected chi connectivity index (χ1v) is 6.56. The van der Waals surface area contributed by atoms with Gasteiger partial charge >= 0.3 is 0 Å². The van der Waals surface area contributed by atoms with Gasteiger partial charge in [-0.05, 0) is 38.3 Å². The SMILES string of the molecule is CC(C)CCNC(=O)CN1CCC(C=O)CC1. The molecule has 0 atom stereocenters. The largest absolute Gasteiger partial charge is 0.355 e. The molecule has 0 spiro atoms. The van der Waals surface area contributed by atoms with Crippen LogP contribution in [0.1, 0.15) is 33.1 Å². The summed E-state index contributed by atoms with van der Waals surface area (Å²) in [6.45, 7) is 7.26. The highest BCUT2D eigenvalue weighted by Gasteiger charge is 2.19. The van der Waals surface area contributed by atoms with Crippen molar-refractivity contribution in [1.29, 1.82) is 0 Å². The Morgan fingerprint density at radius 2 is 2.06 bits per heavy atom. The molecule has 1 rings (SSSR count). The Balaban J connectivity index is 2.12. The average molecular weight is 240 g/mol. The number of nitrogens with one attached hydrogen (secondary N) is 1. The zero-order chi connectivity index (χ0) is 12.7. The standard InChI is InChI=1S/C13H24N2O2/c1-11(2)3-6-14-13(17)9-15-7-4-12(10-16)5-8-15/h10-12H,3-9H2,1-2H3,(H,14,17). The number of amides is 1. The summed E-state index contributed by atoms with van der Waals surface area (Å²) in [5, 5.41) is 2.94. The van der Waals surface area contributed by atoms with Crippen LogP contribution in [0.3, 0.4) is 0 Å². The summed E-state index contributed by atoms with van der Waals surface area (Å²) in [5.41, 5.74) is 0. The van der Waals surface area contributed by atoms with Crippen molar-refractivity contribution in [1.82, 2.24) is 10.2 Å². The molecule has 0 aliphatic carbocycles. The highest BCUT2D eigenvalue weighted by atomic mass is 16.2. The second kappa shape index (κ2) is 7.43. The third-order valence-corrected chi connectivity index (χ3v) is 3.24. The first-order valence-electron chi connectivity index (χ1n) is 6.56. The molecule has 1 heterocycles. The van der Waals surface area contributed by atoms with E-state index in [1.54, 1.807) is 0 Å². The van der Waals surface area contributed by atoms with E-state index in [0.717, 1.165) is 45.2 Å². The van der Waals surface area contributed by atoms with Crippen LogP contribution in [0, 0.1) is 11.8 Å². The molecule has 0 radical (unpaired) electrons. The van der Waals surface area contributed by atoms with E-state index in [9.17, 15) is 9.59 Å². The van der Waals surface area contributed by atoms with E-state index >= 15 is 0 Å². The molecule has 0 saturated carbocycles. The minimum absolute atomic E-state index is 0.107. The van der Waals surface area contributed by atoms with Crippen molar-refractivity contribution < 1.29 is 9.59 Å². The second-order valence-corrected chi connectivity index (χ2v) is 5.28. The summed E-state index contributed by atoms with van der Waals surface area (Å²) >= 11 is 0. The Morgan fingerprint density at radius 3 is 2.59 bits per heavy atom. The summed E-state index contributed by atoms with van der Waals surface area (Å²) in [5.74, 6) is 0.934. The zero-order valence-corrected chi connectivity index (χ0v) is 10.9. The van der Waals surface area contributed by atoms with Gasteiger partial charge in [0.25, 0.3) is 0 Å². The third-order valence-electron chi connectivity index (χ3n) is 3.24. The molecule has 4 heteroatoms. The van der Waals surface area contributed by atoms with Crippen molar-refractivity contribution in [3.05, 3.63) is 0 Å². The Hall–Kier alpha value is -0.900. The summed E-state index contributed by atoms with van der Waals surface area (Å²) in [6.07, 6.45) is 3.85. The Labute approximate surface area is 104 Å². The van der Waals surface area contributed by atoms with E-state index in [2.05, 4.69) is 24.1 Å². The van der Waals surface area contributed by atoms with Crippen LogP contribution >= 0.6 is 0 Å². The third kappa shape index (κ3) is 5.82. The van der Waals surface area contributed by atoms with E-state index < -0.39 is 0 Å². The normalized spacial score (nSPS) is 18.3. The lowest BCUT2D eigenvalue weighted by Crippen LogP contribution is -2.42. The topological polar surface area (TPSA) is 49.4 Å². The van der Waals surface area contributed by atoms with Crippen LogP contribution in [-0.2, 0) is 9.59 Å². The molecule has 1 aliphatic heterocycles. The predicted molar refractivity (Wildman–Crippen MR) is 67.7 cm³/mol. The second-order valence-electron chi connectivity index (χ2n) is 5.28. The maximum Gasteiger partial charge on any atom is 0.234 e. The molecule has 1 amide bonds. The van der Waals surface area contributed by atoms with Gasteiger partial charge in [0.15, 0.2) is 0 Å². The van der Waals surface area contributed by atoms with Gasteiger partial charge < -0.3 is 10.1 Å². The molecule has 0 bridgehead atoms. The maximum atomic E-state index is 11.6. The minimum Gasteiger partial charge on any atom is -0.355 e. The highest BCUT2D eigenvalue weighted by Crippen LogP contribution is 2.14. The Bertz CT molecular complexity index is 246. The molecule has 0 aromatic rings. The van der Waals surface area contributed by atoms with Crippen LogP contribution < -0.4 is 5.32 Å². The fourth-order valence-corrected chi connectivity index (χ4v) is 2.01. The van der Waals surface area contributed by atoms with Crippen molar-refractivity contribution in [2.45, 2.75) is 33.1 Å². The number of piperidine rings is 1. The van der Waals surface area contributed by atoms with Crippen LogP contribution in [0.15, 0.2) is 0 Å². The lowest BCUT2D eigenvalue weighted by Gasteiger charge is -2.28. The molecule has 4 nitrogen and oxygen atoms in total. The van der Waals surface area contributed by atoms with Gasteiger partial charge in [0.1, 0.15) is 6.29 Å². The highest BCUT2D eigenvalue weighted by molar-refractivity contribution is 5.78. The Kier molecular flexibility index (Phi) is 6.19. The van der Waals surface area contributed by atoms with E-state index in [1.165, 1.54) is 0 Å². The minimum atomic E-state index is 0.107. The molecule has 1 saturated heterocycles. The first kappa shape index (κ1) is 14.2. The quantitative estimate of drug-likeness (QED) is 0.706. The van der Waals surface area contributed by atoms with Gasteiger partial charge in [-0.1, -0.05) is 13.8 Å². The number of hydrogen-bond donors (Lipinski definition) is 1. The number of hydrogen-bond acceptors (Lipinski definition) is 3. The van der Waals surface area contributed by atoms with Crippen LogP contribution in [0.5, 0.6) is 0 Å². The van der Waals surface area contributed by atoms with Gasteiger partial charge in [-0.2, -0.15) is 0 Å². The van der Waals surface area contributed by atoms with Gasteiger partial charge in [-0.15, -0.1) is 0 Å². The van der Waals surface area contributed by atoms with Crippen molar-refractivity contribution in [3.8, 4) is 0 Å². The van der Waals surface area contributed by atoms with Gasteiger partial charge in [0.2, 0.25) is 5.91 Å². The monoisotopic (exact) mass is 240 g/mol. The van der Waals surface area contributed by atoms with Crippen molar-refractivity contribution in [2.75, 3.05) is 26.2 Å². The number of rotatable bonds is 6. The van der Waals surface area contributed by atoms with Crippen molar-refractivity contribution in [3.63, 3.8) is 0 Å². The number of likely N-dealkylation sites (tertiary alicyclic amines) is 1. The molecule has 0 aromatic heterocycles. The number of carbonyl (C=O) groups is 2. The molecule has 1 N–H and O–H groups in total. The molecule has 17 heavy (non-hydrogen) atoms. The molecule has 1 fully saturated rings. The fourth-order valence-electron chi connectivity index (χ4n) is 2.01. The molecule has 98 valence electrons. The van der Waals surface area contributed by atoms with Gasteiger partial charge in [0.05, 0.1) is 6.54 Å². The lowest BCUT2D eigenvalue weighted by molar-refractivity contribution is -0.122. The van der Waals surface area contributed by atoms with Crippen molar-refractivity contribution >= 4 is 12.2 Å². The molecule has 0 unspecified atom stereocenters. The molecular weight excluding hydrogens is 216 g/mol. The fraction of sp³-hybridized carbons (Fsp3) is 0.846. The molecular formula is C13H24N2O2. The first-order chi connectivity index (χ1) is 8.11. The van der Waals surface area contributed by atoms with Gasteiger partial charge in [-0.25, -0.2) is 0 Å². The predicted octanol–water partition coefficient (Wildman–Crippen LogP) is 1.06. The summed E-state index contributed by atoms with van der Waals surface area (Å²) in [4.78, 5) is 24.3. The molecule has 0 aromatic carbocycles. The van der Waals surface area contributed by atoms with Gasteiger partial charge in [0, 0.05) is 12.5 Å². The number of aldehydes is 1. The van der Waals surface area contributed by atoms with E-state index in [4.69, 9.17) is 0 Å². The van der Waals surface area contributed by atoms with Gasteiger partial charge in [-0.3, -0.25) is 9.69 Å². The maximum absolute atomic E-state index is 11.6. The van der Waals surface area contributed by atoms with Crippen LogP contribution in [0.2, 0.25) is 0 Å². The van der Waals surface area contributed by atoms with Crippen LogP contribution in [-0.4, -0.2) is 43.3 Å². The molecule has 1 aliphatic rings. The lowest BCUT2D eigenvalue weighted by atomic mass is 9.99. The summed E-state index contributed by atoms with van der Waals surface area (Å²) < 4.78 is 0. The zero-order valence-electron chi connectivity index (χ0n) is 10.9. The number of carbonyl (C=O) groups excluding carboxylic acids is 2. The van der Waals surface area contributed by atoms with E-state index in [-0.39, 0.29) is 11.8 Å². The summed E-state index contributed by atoms with van der Waals surface area (Å²) in [7, 11) is 0. The summed E-state index contributed by atoms with van der Waals surface area (Å²) in [6, 6.07) is 0. The Morgan fingerprint density at radius 1 is 1.41 bits per heavy atom. The van der Waals surface area contributed by atoms with Crippen molar-refractivity contribution in [2.24, 2.45) is 11.8 Å². The van der Waals surface area contributed by atoms with E-state index in [0.29, 0.717) is 12.5 Å². The number of nitrogens with zero attached hydrogens (tertiary/aromatic N) is 1. The van der Waals surface area contributed by atoms with Crippen LogP contribution in [0.4, 0.5) is 0 Å². The van der Waals surface area contributed by atoms with E-state index in [1.807, 2.05) is 0 Å².